The molecule has 1 spiro atoms. The number of amides is 2. The summed E-state index contributed by atoms with van der Waals surface area (Å²) in [7, 11) is 1.58. The minimum Gasteiger partial charge on any atom is -0.497 e. The number of halogens is 3. The van der Waals surface area contributed by atoms with Gasteiger partial charge in [-0.1, -0.05) is 24.3 Å². The zero-order valence-corrected chi connectivity index (χ0v) is 18.9. The van der Waals surface area contributed by atoms with Crippen LogP contribution in [-0.4, -0.2) is 48.4 Å². The fourth-order valence-electron chi connectivity index (χ4n) is 5.18. The minimum atomic E-state index is -4.80. The molecular formula is C25H23F3N2O5. The maximum Gasteiger partial charge on any atom is 0.573 e. The lowest BCUT2D eigenvalue weighted by Gasteiger charge is -2.28. The smallest absolute Gasteiger partial charge is 0.497 e. The van der Waals surface area contributed by atoms with Crippen molar-refractivity contribution in [3.63, 3.8) is 0 Å². The summed E-state index contributed by atoms with van der Waals surface area (Å²) in [6.45, 7) is 2.25. The second-order valence-electron chi connectivity index (χ2n) is 8.88. The molecule has 2 amide bonds. The predicted molar refractivity (Wildman–Crippen MR) is 119 cm³/mol. The molecule has 184 valence electrons. The number of hydrogen-bond acceptors (Lipinski definition) is 5. The van der Waals surface area contributed by atoms with E-state index < -0.39 is 41.6 Å². The van der Waals surface area contributed by atoms with Crippen LogP contribution in [0.3, 0.4) is 0 Å². The minimum absolute atomic E-state index is 0.172. The van der Waals surface area contributed by atoms with Crippen molar-refractivity contribution in [2.45, 2.75) is 31.0 Å². The summed E-state index contributed by atoms with van der Waals surface area (Å²) in [5.74, 6) is -1.73. The lowest BCUT2D eigenvalue weighted by Crippen LogP contribution is -2.41. The fraction of sp³-hybridized carbons (Fsp3) is 0.360. The van der Waals surface area contributed by atoms with Crippen LogP contribution in [0.2, 0.25) is 0 Å². The van der Waals surface area contributed by atoms with E-state index in [2.05, 4.69) is 10.1 Å². The topological polar surface area (TPSA) is 77.1 Å². The van der Waals surface area contributed by atoms with Crippen molar-refractivity contribution >= 4 is 17.5 Å². The zero-order valence-electron chi connectivity index (χ0n) is 18.9. The molecule has 0 aliphatic carbocycles. The van der Waals surface area contributed by atoms with Crippen molar-refractivity contribution in [2.24, 2.45) is 11.8 Å². The van der Waals surface area contributed by atoms with Gasteiger partial charge in [0.15, 0.2) is 0 Å². The van der Waals surface area contributed by atoms with Gasteiger partial charge in [-0.25, -0.2) is 0 Å². The van der Waals surface area contributed by atoms with E-state index in [1.165, 1.54) is 12.1 Å². The number of carbonyl (C=O) groups is 2. The summed E-state index contributed by atoms with van der Waals surface area (Å²) in [4.78, 5) is 28.5. The maximum atomic E-state index is 13.5. The Kier molecular flexibility index (Phi) is 5.51. The molecule has 3 heterocycles. The first-order valence-corrected chi connectivity index (χ1v) is 11.1. The quantitative estimate of drug-likeness (QED) is 0.621. The number of benzene rings is 2. The Morgan fingerprint density at radius 3 is 2.43 bits per heavy atom. The molecule has 2 bridgehead atoms. The third-order valence-corrected chi connectivity index (χ3v) is 6.85. The molecule has 3 aliphatic rings. The molecule has 10 heteroatoms. The van der Waals surface area contributed by atoms with Crippen LogP contribution in [-0.2, 0) is 14.3 Å². The van der Waals surface area contributed by atoms with Crippen molar-refractivity contribution in [1.82, 2.24) is 4.90 Å². The largest absolute Gasteiger partial charge is 0.573 e. The summed E-state index contributed by atoms with van der Waals surface area (Å²) in [5.41, 5.74) is 0.338. The second kappa shape index (κ2) is 8.30. The van der Waals surface area contributed by atoms with Gasteiger partial charge in [-0.05, 0) is 48.9 Å². The summed E-state index contributed by atoms with van der Waals surface area (Å²) in [5, 5.41) is 2.70. The number of fused-ring (bicyclic) bond motifs is 1. The van der Waals surface area contributed by atoms with Gasteiger partial charge in [0, 0.05) is 5.69 Å². The number of rotatable bonds is 6. The van der Waals surface area contributed by atoms with E-state index in [-0.39, 0.29) is 11.9 Å². The van der Waals surface area contributed by atoms with Gasteiger partial charge in [0.05, 0.1) is 37.6 Å². The molecule has 0 aromatic heterocycles. The first-order chi connectivity index (χ1) is 16.6. The molecule has 2 fully saturated rings. The molecule has 7 nitrogen and oxygen atoms in total. The van der Waals surface area contributed by atoms with Crippen molar-refractivity contribution in [3.8, 4) is 11.5 Å². The molecule has 1 N–H and O–H groups in total. The SMILES string of the molecule is COc1ccc([C@@H](C)N2C[C@]34C=C[C@H](O3)[C@@H](C(=O)Nc3ccc(OC(F)(F)F)cc3)[C@@H]4C2=O)cc1. The predicted octanol–water partition coefficient (Wildman–Crippen LogP) is 4.08. The van der Waals surface area contributed by atoms with Crippen LogP contribution < -0.4 is 14.8 Å². The van der Waals surface area contributed by atoms with Crippen LogP contribution in [0.15, 0.2) is 60.7 Å². The highest BCUT2D eigenvalue weighted by Gasteiger charge is 2.67. The van der Waals surface area contributed by atoms with Crippen molar-refractivity contribution < 1.29 is 37.0 Å². The standard InChI is InChI=1S/C25H23F3N2O5/c1-14(15-3-7-17(33-2)8-4-15)30-13-24-12-11-19(35-24)20(21(24)23(30)32)22(31)29-16-5-9-18(10-6-16)34-25(26,27)28/h3-12,14,19-21H,13H2,1-2H3,(H,29,31)/t14-,19+,20-,21-,24+/m1/s1. The number of anilines is 1. The molecular weight excluding hydrogens is 465 g/mol. The Morgan fingerprint density at radius 2 is 1.80 bits per heavy atom. The van der Waals surface area contributed by atoms with Crippen LogP contribution in [0.4, 0.5) is 18.9 Å². The summed E-state index contributed by atoms with van der Waals surface area (Å²) >= 11 is 0. The van der Waals surface area contributed by atoms with Crippen molar-refractivity contribution in [3.05, 3.63) is 66.2 Å². The van der Waals surface area contributed by atoms with Crippen LogP contribution in [0.25, 0.3) is 0 Å². The van der Waals surface area contributed by atoms with Gasteiger partial charge >= 0.3 is 6.36 Å². The molecule has 0 unspecified atom stereocenters. The Hall–Kier alpha value is -3.53. The van der Waals surface area contributed by atoms with E-state index in [1.807, 2.05) is 37.3 Å². The van der Waals surface area contributed by atoms with Gasteiger partial charge in [0.1, 0.15) is 17.1 Å². The van der Waals surface area contributed by atoms with Crippen LogP contribution >= 0.6 is 0 Å². The summed E-state index contributed by atoms with van der Waals surface area (Å²) in [6, 6.07) is 12.1. The molecule has 5 rings (SSSR count). The number of alkyl halides is 3. The van der Waals surface area contributed by atoms with Gasteiger partial charge in [-0.2, -0.15) is 0 Å². The molecule has 5 atom stereocenters. The Labute approximate surface area is 199 Å². The van der Waals surface area contributed by atoms with Crippen LogP contribution in [0.5, 0.6) is 11.5 Å². The Morgan fingerprint density at radius 1 is 1.14 bits per heavy atom. The molecule has 2 aromatic rings. The zero-order chi connectivity index (χ0) is 25.0. The first-order valence-electron chi connectivity index (χ1n) is 11.1. The maximum absolute atomic E-state index is 13.5. The molecule has 2 saturated heterocycles. The second-order valence-corrected chi connectivity index (χ2v) is 8.88. The van der Waals surface area contributed by atoms with E-state index in [9.17, 15) is 22.8 Å². The number of likely N-dealkylation sites (tertiary alicyclic amines) is 1. The number of carbonyl (C=O) groups excluding carboxylic acids is 2. The number of methoxy groups -OCH3 is 1. The van der Waals surface area contributed by atoms with E-state index in [1.54, 1.807) is 18.1 Å². The molecule has 3 aliphatic heterocycles. The highest BCUT2D eigenvalue weighted by molar-refractivity contribution is 5.99. The van der Waals surface area contributed by atoms with E-state index >= 15 is 0 Å². The molecule has 35 heavy (non-hydrogen) atoms. The third-order valence-electron chi connectivity index (χ3n) is 6.85. The highest BCUT2D eigenvalue weighted by Crippen LogP contribution is 2.53. The van der Waals surface area contributed by atoms with Gasteiger partial charge in [0.2, 0.25) is 11.8 Å². The van der Waals surface area contributed by atoms with Gasteiger partial charge in [-0.15, -0.1) is 13.2 Å². The van der Waals surface area contributed by atoms with Crippen LogP contribution in [0, 0.1) is 11.8 Å². The first kappa shape index (κ1) is 23.2. The number of ether oxygens (including phenoxy) is 3. The Bertz CT molecular complexity index is 1170. The normalized spacial score (nSPS) is 27.6. The average Bonchev–Trinajstić information content (AvgIpc) is 3.47. The van der Waals surface area contributed by atoms with Crippen LogP contribution in [0.1, 0.15) is 18.5 Å². The number of nitrogens with one attached hydrogen (secondary N) is 1. The Balaban J connectivity index is 1.32. The van der Waals surface area contributed by atoms with Crippen molar-refractivity contribution in [2.75, 3.05) is 19.0 Å². The third kappa shape index (κ3) is 4.12. The molecule has 0 radical (unpaired) electrons. The summed E-state index contributed by atoms with van der Waals surface area (Å²) in [6.07, 6.45) is -1.68. The number of nitrogens with zero attached hydrogens (tertiary/aromatic N) is 1. The monoisotopic (exact) mass is 488 g/mol. The van der Waals surface area contributed by atoms with E-state index in [0.29, 0.717) is 18.0 Å². The van der Waals surface area contributed by atoms with Gasteiger partial charge in [0.25, 0.3) is 0 Å². The van der Waals surface area contributed by atoms with Crippen molar-refractivity contribution in [1.29, 1.82) is 0 Å². The average molecular weight is 488 g/mol. The van der Waals surface area contributed by atoms with Gasteiger partial charge < -0.3 is 24.4 Å². The van der Waals surface area contributed by atoms with E-state index in [4.69, 9.17) is 9.47 Å². The lowest BCUT2D eigenvalue weighted by atomic mass is 9.76. The fourth-order valence-corrected chi connectivity index (χ4v) is 5.18. The molecule has 0 saturated carbocycles. The number of hydrogen-bond donors (Lipinski definition) is 1. The van der Waals surface area contributed by atoms with E-state index in [0.717, 1.165) is 17.7 Å². The highest BCUT2D eigenvalue weighted by atomic mass is 19.4. The molecule has 2 aromatic carbocycles. The summed E-state index contributed by atoms with van der Waals surface area (Å²) < 4.78 is 52.4. The van der Waals surface area contributed by atoms with Gasteiger partial charge in [-0.3, -0.25) is 9.59 Å². The lowest BCUT2D eigenvalue weighted by molar-refractivity contribution is -0.274.